The molecule has 0 heterocycles. The van der Waals surface area contributed by atoms with Crippen molar-refractivity contribution in [3.05, 3.63) is 34.9 Å². The van der Waals surface area contributed by atoms with Crippen LogP contribution in [0.5, 0.6) is 0 Å². The topological polar surface area (TPSA) is 43.1 Å². The van der Waals surface area contributed by atoms with Gasteiger partial charge in [0.2, 0.25) is 5.91 Å². The zero-order valence-corrected chi connectivity index (χ0v) is 9.84. The second-order valence-electron chi connectivity index (χ2n) is 3.72. The second kappa shape index (κ2) is 5.17. The molecule has 2 nitrogen and oxygen atoms in total. The van der Waals surface area contributed by atoms with Gasteiger partial charge in [-0.1, -0.05) is 37.1 Å². The van der Waals surface area contributed by atoms with Crippen LogP contribution in [0.1, 0.15) is 35.4 Å². The Balaban J connectivity index is 3.11. The molecule has 0 aliphatic rings. The number of nitrogens with two attached hydrogens (primary N) is 1. The lowest BCUT2D eigenvalue weighted by Crippen LogP contribution is -2.18. The van der Waals surface area contributed by atoms with Gasteiger partial charge in [0.15, 0.2) is 0 Å². The van der Waals surface area contributed by atoms with E-state index in [0.29, 0.717) is 0 Å². The first-order valence-corrected chi connectivity index (χ1v) is 5.52. The Morgan fingerprint density at radius 1 is 1.53 bits per heavy atom. The summed E-state index contributed by atoms with van der Waals surface area (Å²) in [6.45, 7) is 4.07. The molecule has 1 unspecified atom stereocenters. The third-order valence-electron chi connectivity index (χ3n) is 2.34. The van der Waals surface area contributed by atoms with Crippen molar-refractivity contribution in [3.8, 4) is 0 Å². The minimum atomic E-state index is -0.716. The van der Waals surface area contributed by atoms with Crippen LogP contribution in [0.2, 0.25) is 0 Å². The number of primary amides is 1. The summed E-state index contributed by atoms with van der Waals surface area (Å²) in [5, 5.41) is -0.716. The molecule has 1 aromatic carbocycles. The molecule has 0 radical (unpaired) electrons. The normalized spacial score (nSPS) is 12.5. The van der Waals surface area contributed by atoms with E-state index >= 15 is 0 Å². The number of hydrogen-bond donors (Lipinski definition) is 1. The first kappa shape index (κ1) is 12.1. The largest absolute Gasteiger partial charge is 0.368 e. The van der Waals surface area contributed by atoms with Gasteiger partial charge in [-0.2, -0.15) is 0 Å². The molecule has 1 aromatic rings. The number of aryl methyl sites for hydroxylation is 2. The van der Waals surface area contributed by atoms with Crippen LogP contribution in [0, 0.1) is 6.92 Å². The highest BCUT2D eigenvalue weighted by atomic mass is 35.5. The molecule has 0 saturated heterocycles. The van der Waals surface area contributed by atoms with Gasteiger partial charge in [0.1, 0.15) is 5.38 Å². The van der Waals surface area contributed by atoms with Crippen molar-refractivity contribution in [2.75, 3.05) is 0 Å². The van der Waals surface area contributed by atoms with E-state index in [-0.39, 0.29) is 0 Å². The molecule has 1 atom stereocenters. The number of benzene rings is 1. The molecule has 0 aliphatic heterocycles. The van der Waals surface area contributed by atoms with Gasteiger partial charge in [0, 0.05) is 0 Å². The summed E-state index contributed by atoms with van der Waals surface area (Å²) >= 11 is 5.98. The Morgan fingerprint density at radius 3 is 2.73 bits per heavy atom. The summed E-state index contributed by atoms with van der Waals surface area (Å²) in [7, 11) is 0. The van der Waals surface area contributed by atoms with Crippen LogP contribution in [0.15, 0.2) is 18.2 Å². The molecule has 3 heteroatoms. The van der Waals surface area contributed by atoms with Crippen LogP contribution in [-0.4, -0.2) is 5.91 Å². The number of carbonyl (C=O) groups is 1. The predicted molar refractivity (Wildman–Crippen MR) is 63.0 cm³/mol. The fraction of sp³-hybridized carbons (Fsp3) is 0.417. The predicted octanol–water partition coefficient (Wildman–Crippen LogP) is 2.71. The summed E-state index contributed by atoms with van der Waals surface area (Å²) < 4.78 is 0. The number of alkyl halides is 1. The molecule has 1 amide bonds. The Bertz CT molecular complexity index is 363. The second-order valence-corrected chi connectivity index (χ2v) is 4.15. The fourth-order valence-electron chi connectivity index (χ4n) is 1.60. The molecule has 15 heavy (non-hydrogen) atoms. The van der Waals surface area contributed by atoms with Gasteiger partial charge in [0.25, 0.3) is 0 Å². The monoisotopic (exact) mass is 225 g/mol. The first-order chi connectivity index (χ1) is 7.06. The van der Waals surface area contributed by atoms with Crippen molar-refractivity contribution in [1.29, 1.82) is 0 Å². The van der Waals surface area contributed by atoms with E-state index in [1.165, 1.54) is 0 Å². The van der Waals surface area contributed by atoms with Crippen LogP contribution in [0.4, 0.5) is 0 Å². The third kappa shape index (κ3) is 2.96. The number of carbonyl (C=O) groups excluding carboxylic acids is 1. The maximum atomic E-state index is 11.1. The van der Waals surface area contributed by atoms with Gasteiger partial charge < -0.3 is 5.73 Å². The highest BCUT2D eigenvalue weighted by Crippen LogP contribution is 2.25. The van der Waals surface area contributed by atoms with Gasteiger partial charge in [0.05, 0.1) is 0 Å². The molecule has 0 bridgehead atoms. The van der Waals surface area contributed by atoms with E-state index in [9.17, 15) is 4.79 Å². The van der Waals surface area contributed by atoms with Crippen LogP contribution >= 0.6 is 11.6 Å². The maximum absolute atomic E-state index is 11.1. The van der Waals surface area contributed by atoms with Crippen LogP contribution in [0.3, 0.4) is 0 Å². The highest BCUT2D eigenvalue weighted by Gasteiger charge is 2.17. The average molecular weight is 226 g/mol. The number of amides is 1. The molecule has 2 N–H and O–H groups in total. The van der Waals surface area contributed by atoms with Gasteiger partial charge >= 0.3 is 0 Å². The Labute approximate surface area is 95.4 Å². The van der Waals surface area contributed by atoms with Crippen molar-refractivity contribution in [2.24, 2.45) is 5.73 Å². The molecule has 1 rings (SSSR count). The van der Waals surface area contributed by atoms with Crippen molar-refractivity contribution in [1.82, 2.24) is 0 Å². The summed E-state index contributed by atoms with van der Waals surface area (Å²) in [6, 6.07) is 5.99. The maximum Gasteiger partial charge on any atom is 0.240 e. The lowest BCUT2D eigenvalue weighted by atomic mass is 9.98. The molecule has 0 spiro atoms. The first-order valence-electron chi connectivity index (χ1n) is 5.09. The number of hydrogen-bond acceptors (Lipinski definition) is 1. The van der Waals surface area contributed by atoms with E-state index in [1.54, 1.807) is 0 Å². The molecule has 0 aromatic heterocycles. The Morgan fingerprint density at radius 2 is 2.20 bits per heavy atom. The molecule has 0 aliphatic carbocycles. The van der Waals surface area contributed by atoms with E-state index in [2.05, 4.69) is 6.92 Å². The van der Waals surface area contributed by atoms with E-state index in [4.69, 9.17) is 17.3 Å². The zero-order valence-electron chi connectivity index (χ0n) is 9.09. The van der Waals surface area contributed by atoms with Crippen molar-refractivity contribution in [2.45, 2.75) is 32.1 Å². The highest BCUT2D eigenvalue weighted by molar-refractivity contribution is 6.30. The molecular weight excluding hydrogens is 210 g/mol. The zero-order chi connectivity index (χ0) is 11.4. The van der Waals surface area contributed by atoms with Crippen molar-refractivity contribution in [3.63, 3.8) is 0 Å². The smallest absolute Gasteiger partial charge is 0.240 e. The fourth-order valence-corrected chi connectivity index (χ4v) is 1.80. The Kier molecular flexibility index (Phi) is 4.15. The van der Waals surface area contributed by atoms with Crippen LogP contribution < -0.4 is 5.73 Å². The molecular formula is C12H16ClNO. The summed E-state index contributed by atoms with van der Waals surface area (Å²) in [5.74, 6) is -0.486. The van der Waals surface area contributed by atoms with Crippen LogP contribution in [-0.2, 0) is 11.2 Å². The van der Waals surface area contributed by atoms with Crippen molar-refractivity contribution >= 4 is 17.5 Å². The molecule has 82 valence electrons. The average Bonchev–Trinajstić information content (AvgIpc) is 2.20. The molecule has 0 saturated carbocycles. The van der Waals surface area contributed by atoms with Crippen LogP contribution in [0.25, 0.3) is 0 Å². The lowest BCUT2D eigenvalue weighted by Gasteiger charge is -2.12. The van der Waals surface area contributed by atoms with E-state index in [1.807, 2.05) is 25.1 Å². The lowest BCUT2D eigenvalue weighted by molar-refractivity contribution is -0.117. The summed E-state index contributed by atoms with van der Waals surface area (Å²) in [5.41, 5.74) is 8.27. The van der Waals surface area contributed by atoms with E-state index < -0.39 is 11.3 Å². The SMILES string of the molecule is CCCc1ccc(C)cc1C(Cl)C(N)=O. The minimum absolute atomic E-state index is 0.486. The summed E-state index contributed by atoms with van der Waals surface area (Å²) in [4.78, 5) is 11.1. The Hall–Kier alpha value is -1.02. The van der Waals surface area contributed by atoms with Crippen molar-refractivity contribution < 1.29 is 4.79 Å². The van der Waals surface area contributed by atoms with Gasteiger partial charge in [-0.25, -0.2) is 0 Å². The number of halogens is 1. The quantitative estimate of drug-likeness (QED) is 0.787. The van der Waals surface area contributed by atoms with Gasteiger partial charge in [-0.15, -0.1) is 11.6 Å². The van der Waals surface area contributed by atoms with E-state index in [0.717, 1.165) is 29.5 Å². The number of rotatable bonds is 4. The molecule has 0 fully saturated rings. The van der Waals surface area contributed by atoms with Gasteiger partial charge in [-0.05, 0) is 24.5 Å². The summed E-state index contributed by atoms with van der Waals surface area (Å²) in [6.07, 6.45) is 1.95. The third-order valence-corrected chi connectivity index (χ3v) is 2.79. The standard InChI is InChI=1S/C12H16ClNO/c1-3-4-9-6-5-8(2)7-10(9)11(13)12(14)15/h5-7,11H,3-4H2,1-2H3,(H2,14,15). The van der Waals surface area contributed by atoms with Gasteiger partial charge in [-0.3, -0.25) is 4.79 Å². The minimum Gasteiger partial charge on any atom is -0.368 e.